The van der Waals surface area contributed by atoms with Gasteiger partial charge in [-0.1, -0.05) is 42.5 Å². The summed E-state index contributed by atoms with van der Waals surface area (Å²) in [7, 11) is 1.67. The van der Waals surface area contributed by atoms with E-state index in [2.05, 4.69) is 12.1 Å². The van der Waals surface area contributed by atoms with Crippen molar-refractivity contribution in [1.82, 2.24) is 0 Å². The van der Waals surface area contributed by atoms with Gasteiger partial charge < -0.3 is 15.2 Å². The molecule has 2 aromatic rings. The zero-order valence-corrected chi connectivity index (χ0v) is 12.7. The molecule has 3 rings (SSSR count). The second kappa shape index (κ2) is 5.98. The minimum absolute atomic E-state index is 0.0864. The van der Waals surface area contributed by atoms with Crippen molar-refractivity contribution in [3.63, 3.8) is 0 Å². The van der Waals surface area contributed by atoms with Crippen molar-refractivity contribution in [1.29, 1.82) is 0 Å². The summed E-state index contributed by atoms with van der Waals surface area (Å²) in [4.78, 5) is 0. The predicted octanol–water partition coefficient (Wildman–Crippen LogP) is 4.04. The third-order valence-electron chi connectivity index (χ3n) is 3.85. The molecule has 3 nitrogen and oxygen atoms in total. The highest BCUT2D eigenvalue weighted by atomic mass is 16.5. The van der Waals surface area contributed by atoms with Gasteiger partial charge >= 0.3 is 0 Å². The average molecular weight is 293 g/mol. The average Bonchev–Trinajstić information content (AvgIpc) is 2.55. The molecule has 0 aliphatic carbocycles. The van der Waals surface area contributed by atoms with E-state index in [9.17, 15) is 0 Å². The third-order valence-corrected chi connectivity index (χ3v) is 3.85. The van der Waals surface area contributed by atoms with Crippen LogP contribution in [0.5, 0.6) is 5.75 Å². The van der Waals surface area contributed by atoms with Crippen molar-refractivity contribution in [2.45, 2.75) is 12.8 Å². The number of nitrogens with two attached hydrogens (primary N) is 1. The molecular formula is C19H19NO2. The van der Waals surface area contributed by atoms with Gasteiger partial charge in [-0.2, -0.15) is 0 Å². The predicted molar refractivity (Wildman–Crippen MR) is 88.1 cm³/mol. The van der Waals surface area contributed by atoms with Gasteiger partial charge in [-0.05, 0) is 36.3 Å². The number of allylic oxidation sites excluding steroid dienone is 3. The first-order chi connectivity index (χ1) is 10.7. The molecule has 0 fully saturated rings. The van der Waals surface area contributed by atoms with E-state index in [-0.39, 0.29) is 5.92 Å². The number of methoxy groups -OCH3 is 1. The van der Waals surface area contributed by atoms with E-state index in [1.807, 2.05) is 55.5 Å². The van der Waals surface area contributed by atoms with Gasteiger partial charge in [0.25, 0.3) is 0 Å². The maximum atomic E-state index is 5.92. The molecule has 1 aliphatic heterocycles. The van der Waals surface area contributed by atoms with Gasteiger partial charge in [0.05, 0.1) is 7.11 Å². The Morgan fingerprint density at radius 3 is 2.32 bits per heavy atom. The monoisotopic (exact) mass is 293 g/mol. The van der Waals surface area contributed by atoms with E-state index in [0.29, 0.717) is 5.88 Å². The van der Waals surface area contributed by atoms with Gasteiger partial charge in [0, 0.05) is 11.5 Å². The van der Waals surface area contributed by atoms with Crippen LogP contribution >= 0.6 is 0 Å². The number of benzene rings is 2. The smallest absolute Gasteiger partial charge is 0.187 e. The summed E-state index contributed by atoms with van der Waals surface area (Å²) in [5.41, 5.74) is 9.35. The summed E-state index contributed by atoms with van der Waals surface area (Å²) in [6.45, 7) is 1.95. The SMILES string of the molecule is COc1ccc(C2=C(C)OC(N)=CC2c2ccccc2)cc1. The Labute approximate surface area is 130 Å². The number of ether oxygens (including phenoxy) is 2. The highest BCUT2D eigenvalue weighted by molar-refractivity contribution is 5.76. The zero-order valence-electron chi connectivity index (χ0n) is 12.7. The molecule has 112 valence electrons. The van der Waals surface area contributed by atoms with Gasteiger partial charge in [0.15, 0.2) is 5.88 Å². The lowest BCUT2D eigenvalue weighted by molar-refractivity contribution is 0.295. The van der Waals surface area contributed by atoms with Crippen molar-refractivity contribution in [2.75, 3.05) is 7.11 Å². The van der Waals surface area contributed by atoms with Gasteiger partial charge in [-0.15, -0.1) is 0 Å². The molecule has 0 spiro atoms. The Morgan fingerprint density at radius 1 is 1.00 bits per heavy atom. The fourth-order valence-corrected chi connectivity index (χ4v) is 2.81. The fraction of sp³-hybridized carbons (Fsp3) is 0.158. The Hall–Kier alpha value is -2.68. The van der Waals surface area contributed by atoms with E-state index < -0.39 is 0 Å². The summed E-state index contributed by atoms with van der Waals surface area (Å²) < 4.78 is 10.9. The Balaban J connectivity index is 2.07. The second-order valence-electron chi connectivity index (χ2n) is 5.26. The number of hydrogen-bond acceptors (Lipinski definition) is 3. The highest BCUT2D eigenvalue weighted by Gasteiger charge is 2.24. The van der Waals surface area contributed by atoms with E-state index in [1.165, 1.54) is 5.56 Å². The van der Waals surface area contributed by atoms with Crippen molar-refractivity contribution < 1.29 is 9.47 Å². The van der Waals surface area contributed by atoms with Crippen LogP contribution < -0.4 is 10.5 Å². The lowest BCUT2D eigenvalue weighted by atomic mass is 9.85. The first kappa shape index (κ1) is 14.3. The van der Waals surface area contributed by atoms with Crippen LogP contribution in [0.15, 0.2) is 72.3 Å². The first-order valence-electron chi connectivity index (χ1n) is 7.24. The molecule has 3 heteroatoms. The van der Waals surface area contributed by atoms with Gasteiger partial charge in [0.2, 0.25) is 0 Å². The molecule has 0 bridgehead atoms. The largest absolute Gasteiger partial charge is 0.497 e. The molecule has 0 saturated carbocycles. The summed E-state index contributed by atoms with van der Waals surface area (Å²) >= 11 is 0. The third kappa shape index (κ3) is 2.70. The topological polar surface area (TPSA) is 44.5 Å². The minimum atomic E-state index is 0.0864. The summed E-state index contributed by atoms with van der Waals surface area (Å²) in [6, 6.07) is 18.3. The van der Waals surface area contributed by atoms with Crippen LogP contribution in [0, 0.1) is 0 Å². The molecular weight excluding hydrogens is 274 g/mol. The van der Waals surface area contributed by atoms with Crippen molar-refractivity contribution in [2.24, 2.45) is 5.73 Å². The normalized spacial score (nSPS) is 17.7. The van der Waals surface area contributed by atoms with Crippen LogP contribution in [0.3, 0.4) is 0 Å². The van der Waals surface area contributed by atoms with Crippen LogP contribution in [0.2, 0.25) is 0 Å². The van der Waals surface area contributed by atoms with Gasteiger partial charge in [0.1, 0.15) is 11.5 Å². The van der Waals surface area contributed by atoms with Crippen molar-refractivity contribution in [3.8, 4) is 5.75 Å². The standard InChI is InChI=1S/C19H19NO2/c1-13-19(15-8-10-16(21-2)11-9-15)17(12-18(20)22-13)14-6-4-3-5-7-14/h3-12,17H,20H2,1-2H3. The molecule has 1 heterocycles. The molecule has 0 amide bonds. The molecule has 1 unspecified atom stereocenters. The molecule has 2 aromatic carbocycles. The minimum Gasteiger partial charge on any atom is -0.497 e. The van der Waals surface area contributed by atoms with Crippen LogP contribution in [0.4, 0.5) is 0 Å². The maximum Gasteiger partial charge on any atom is 0.187 e. The zero-order chi connectivity index (χ0) is 15.5. The maximum absolute atomic E-state index is 5.92. The Bertz CT molecular complexity index is 715. The van der Waals surface area contributed by atoms with Crippen LogP contribution in [-0.4, -0.2) is 7.11 Å². The summed E-state index contributed by atoms with van der Waals surface area (Å²) in [5.74, 6) is 2.20. The highest BCUT2D eigenvalue weighted by Crippen LogP contribution is 2.40. The second-order valence-corrected chi connectivity index (χ2v) is 5.26. The lowest BCUT2D eigenvalue weighted by Gasteiger charge is -2.26. The van der Waals surface area contributed by atoms with E-state index in [0.717, 1.165) is 22.6 Å². The molecule has 22 heavy (non-hydrogen) atoms. The number of hydrogen-bond donors (Lipinski definition) is 1. The van der Waals surface area contributed by atoms with Crippen LogP contribution in [0.1, 0.15) is 24.0 Å². The molecule has 0 radical (unpaired) electrons. The van der Waals surface area contributed by atoms with Gasteiger partial charge in [-0.25, -0.2) is 0 Å². The molecule has 1 atom stereocenters. The fourth-order valence-electron chi connectivity index (χ4n) is 2.81. The summed E-state index contributed by atoms with van der Waals surface area (Å²) in [6.07, 6.45) is 1.96. The van der Waals surface area contributed by atoms with E-state index >= 15 is 0 Å². The van der Waals surface area contributed by atoms with E-state index in [1.54, 1.807) is 7.11 Å². The van der Waals surface area contributed by atoms with Gasteiger partial charge in [-0.3, -0.25) is 0 Å². The first-order valence-corrected chi connectivity index (χ1v) is 7.24. The number of rotatable bonds is 3. The summed E-state index contributed by atoms with van der Waals surface area (Å²) in [5, 5.41) is 0. The molecule has 1 aliphatic rings. The Kier molecular flexibility index (Phi) is 3.88. The van der Waals surface area contributed by atoms with Crippen molar-refractivity contribution >= 4 is 5.57 Å². The molecule has 2 N–H and O–H groups in total. The lowest BCUT2D eigenvalue weighted by Crippen LogP contribution is -2.14. The van der Waals surface area contributed by atoms with Crippen LogP contribution in [0.25, 0.3) is 5.57 Å². The molecule has 0 saturated heterocycles. The van der Waals surface area contributed by atoms with E-state index in [4.69, 9.17) is 15.2 Å². The molecule has 0 aromatic heterocycles. The van der Waals surface area contributed by atoms with Crippen molar-refractivity contribution in [3.05, 3.63) is 83.4 Å². The quantitative estimate of drug-likeness (QED) is 0.929. The Morgan fingerprint density at radius 2 is 1.68 bits per heavy atom. The van der Waals surface area contributed by atoms with Crippen LogP contribution in [-0.2, 0) is 4.74 Å².